The summed E-state index contributed by atoms with van der Waals surface area (Å²) >= 11 is 6.52. The first-order chi connectivity index (χ1) is 14.3. The summed E-state index contributed by atoms with van der Waals surface area (Å²) in [6, 6.07) is 7.25. The number of ketones is 1. The molecule has 0 spiro atoms. The van der Waals surface area contributed by atoms with Crippen LogP contribution in [-0.4, -0.2) is 49.0 Å². The molecule has 1 aliphatic heterocycles. The highest BCUT2D eigenvalue weighted by Gasteiger charge is 2.48. The van der Waals surface area contributed by atoms with Crippen molar-refractivity contribution in [2.75, 3.05) is 26.4 Å². The van der Waals surface area contributed by atoms with Gasteiger partial charge in [-0.15, -0.1) is 0 Å². The first-order valence-corrected chi connectivity index (χ1v) is 10.6. The number of hydrogen-bond acceptors (Lipinski definition) is 6. The topological polar surface area (TPSA) is 85.2 Å². The zero-order valence-corrected chi connectivity index (χ0v) is 18.4. The van der Waals surface area contributed by atoms with Gasteiger partial charge >= 0.3 is 5.97 Å². The highest BCUT2D eigenvalue weighted by molar-refractivity contribution is 6.31. The van der Waals surface area contributed by atoms with Crippen molar-refractivity contribution in [3.8, 4) is 0 Å². The molecule has 1 aromatic carbocycles. The number of esters is 1. The summed E-state index contributed by atoms with van der Waals surface area (Å²) in [5.41, 5.74) is 1.98. The van der Waals surface area contributed by atoms with Crippen LogP contribution in [0.2, 0.25) is 5.02 Å². The Morgan fingerprint density at radius 3 is 2.67 bits per heavy atom. The second kappa shape index (κ2) is 9.41. The third kappa shape index (κ3) is 4.66. The molecular weight excluding hydrogens is 406 g/mol. The minimum atomic E-state index is -0.582. The number of hydrogen-bond donors (Lipinski definition) is 1. The van der Waals surface area contributed by atoms with E-state index in [1.807, 2.05) is 32.0 Å². The molecule has 2 atom stereocenters. The number of benzene rings is 1. The fraction of sp³-hybridized carbons (Fsp3) is 0.522. The number of ether oxygens (including phenoxy) is 2. The van der Waals surface area contributed by atoms with Crippen LogP contribution in [0, 0.1) is 11.3 Å². The Balaban J connectivity index is 2.20. The predicted octanol–water partition coefficient (Wildman–Crippen LogP) is 3.71. The van der Waals surface area contributed by atoms with Crippen LogP contribution in [-0.2, 0) is 19.1 Å². The van der Waals surface area contributed by atoms with Gasteiger partial charge in [-0.05, 0) is 30.4 Å². The van der Waals surface area contributed by atoms with Crippen LogP contribution in [0.1, 0.15) is 45.1 Å². The Labute approximate surface area is 181 Å². The molecule has 30 heavy (non-hydrogen) atoms. The van der Waals surface area contributed by atoms with Crippen molar-refractivity contribution in [1.82, 2.24) is 0 Å². The molecule has 1 fully saturated rings. The number of aliphatic imine (C=N–C) groups is 1. The molecule has 0 saturated heterocycles. The second-order valence-corrected chi connectivity index (χ2v) is 8.83. The number of nitrogens with zero attached hydrogens (tertiary/aromatic N) is 1. The van der Waals surface area contributed by atoms with Crippen molar-refractivity contribution < 1.29 is 24.2 Å². The van der Waals surface area contributed by atoms with Gasteiger partial charge in [-0.3, -0.25) is 9.79 Å². The maximum atomic E-state index is 13.3. The molecule has 1 heterocycles. The summed E-state index contributed by atoms with van der Waals surface area (Å²) in [5.74, 6) is -1.61. The lowest BCUT2D eigenvalue weighted by atomic mass is 9.63. The predicted molar refractivity (Wildman–Crippen MR) is 115 cm³/mol. The monoisotopic (exact) mass is 433 g/mol. The Bertz CT molecular complexity index is 889. The first kappa shape index (κ1) is 22.7. The minimum Gasteiger partial charge on any atom is -0.463 e. The molecule has 0 bridgehead atoms. The van der Waals surface area contributed by atoms with Crippen molar-refractivity contribution in [2.45, 2.75) is 39.5 Å². The van der Waals surface area contributed by atoms with Gasteiger partial charge in [0.25, 0.3) is 0 Å². The van der Waals surface area contributed by atoms with Crippen molar-refractivity contribution in [1.29, 1.82) is 0 Å². The number of fused-ring (bicyclic) bond motifs is 1. The van der Waals surface area contributed by atoms with Crippen LogP contribution in [0.3, 0.4) is 0 Å². The number of aliphatic hydroxyl groups excluding tert-OH is 1. The van der Waals surface area contributed by atoms with Gasteiger partial charge in [0, 0.05) is 23.1 Å². The number of halogens is 1. The molecule has 0 amide bonds. The standard InChI is InChI=1S/C23H28ClNO5/c1-4-30-22(28)21-17(13-29-10-9-26)25-16-11-23(2,3)12-18(27)20(16)19(21)14-7-5-6-8-15(14)24/h5-8,19-20,26H,4,9-13H2,1-3H3. The number of rotatable bonds is 7. The van der Waals surface area contributed by atoms with Gasteiger partial charge in [-0.25, -0.2) is 4.79 Å². The SMILES string of the molecule is CCOC(=O)C1=C(COCCO)N=C2CC(C)(C)CC(=O)C2C1c1ccccc1Cl. The molecule has 0 radical (unpaired) electrons. The van der Waals surface area contributed by atoms with E-state index in [0.29, 0.717) is 34.7 Å². The van der Waals surface area contributed by atoms with E-state index in [-0.39, 0.29) is 37.6 Å². The summed E-state index contributed by atoms with van der Waals surface area (Å²) in [6.07, 6.45) is 1.05. The zero-order chi connectivity index (χ0) is 21.9. The average Bonchev–Trinajstić information content (AvgIpc) is 2.66. The summed E-state index contributed by atoms with van der Waals surface area (Å²) in [6.45, 7) is 6.04. The molecule has 1 saturated carbocycles. The van der Waals surface area contributed by atoms with E-state index in [1.54, 1.807) is 13.0 Å². The van der Waals surface area contributed by atoms with Crippen LogP contribution >= 0.6 is 11.6 Å². The van der Waals surface area contributed by atoms with Gasteiger partial charge in [0.2, 0.25) is 0 Å². The third-order valence-electron chi connectivity index (χ3n) is 5.46. The largest absolute Gasteiger partial charge is 0.463 e. The van der Waals surface area contributed by atoms with Crippen LogP contribution in [0.5, 0.6) is 0 Å². The van der Waals surface area contributed by atoms with Crippen LogP contribution in [0.25, 0.3) is 0 Å². The molecule has 2 aliphatic rings. The molecule has 6 nitrogen and oxygen atoms in total. The first-order valence-electron chi connectivity index (χ1n) is 10.2. The molecule has 2 unspecified atom stereocenters. The molecule has 0 aromatic heterocycles. The third-order valence-corrected chi connectivity index (χ3v) is 5.81. The molecule has 3 rings (SSSR count). The summed E-state index contributed by atoms with van der Waals surface area (Å²) in [5, 5.41) is 9.57. The van der Waals surface area contributed by atoms with Crippen molar-refractivity contribution >= 4 is 29.1 Å². The summed E-state index contributed by atoms with van der Waals surface area (Å²) in [7, 11) is 0. The fourth-order valence-electron chi connectivity index (χ4n) is 4.36. The number of carbonyl (C=O) groups excluding carboxylic acids is 2. The van der Waals surface area contributed by atoms with Crippen molar-refractivity contribution in [2.24, 2.45) is 16.3 Å². The molecule has 1 N–H and O–H groups in total. The van der Waals surface area contributed by atoms with E-state index in [0.717, 1.165) is 5.71 Å². The highest BCUT2D eigenvalue weighted by atomic mass is 35.5. The van der Waals surface area contributed by atoms with E-state index in [4.69, 9.17) is 31.2 Å². The number of carbonyl (C=O) groups is 2. The fourth-order valence-corrected chi connectivity index (χ4v) is 4.61. The van der Waals surface area contributed by atoms with Crippen LogP contribution < -0.4 is 0 Å². The van der Waals surface area contributed by atoms with Gasteiger partial charge in [0.05, 0.1) is 43.6 Å². The lowest BCUT2D eigenvalue weighted by molar-refractivity contribution is -0.139. The molecule has 1 aromatic rings. The molecule has 162 valence electrons. The zero-order valence-electron chi connectivity index (χ0n) is 17.6. The minimum absolute atomic E-state index is 0.0422. The van der Waals surface area contributed by atoms with Gasteiger partial charge in [-0.2, -0.15) is 0 Å². The lowest BCUT2D eigenvalue weighted by Crippen LogP contribution is -2.44. The number of Topliss-reactive ketones (excluding diaryl/α,β-unsaturated/α-hetero) is 1. The number of aliphatic hydroxyl groups is 1. The van der Waals surface area contributed by atoms with Crippen LogP contribution in [0.15, 0.2) is 40.5 Å². The van der Waals surface area contributed by atoms with Crippen molar-refractivity contribution in [3.05, 3.63) is 46.1 Å². The average molecular weight is 434 g/mol. The quantitative estimate of drug-likeness (QED) is 0.523. The smallest absolute Gasteiger partial charge is 0.336 e. The Morgan fingerprint density at radius 2 is 2.00 bits per heavy atom. The van der Waals surface area contributed by atoms with Crippen LogP contribution in [0.4, 0.5) is 0 Å². The van der Waals surface area contributed by atoms with E-state index in [9.17, 15) is 9.59 Å². The van der Waals surface area contributed by atoms with E-state index in [2.05, 4.69) is 0 Å². The normalized spacial score (nSPS) is 23.1. The second-order valence-electron chi connectivity index (χ2n) is 8.42. The van der Waals surface area contributed by atoms with E-state index in [1.165, 1.54) is 0 Å². The lowest BCUT2D eigenvalue weighted by Gasteiger charge is -2.41. The Hall–Kier alpha value is -2.02. The van der Waals surface area contributed by atoms with Gasteiger partial charge in [0.15, 0.2) is 0 Å². The van der Waals surface area contributed by atoms with Gasteiger partial charge in [-0.1, -0.05) is 43.6 Å². The Morgan fingerprint density at radius 1 is 1.27 bits per heavy atom. The highest BCUT2D eigenvalue weighted by Crippen LogP contribution is 2.48. The molecular formula is C23H28ClNO5. The van der Waals surface area contributed by atoms with Crippen molar-refractivity contribution in [3.63, 3.8) is 0 Å². The molecule has 7 heteroatoms. The molecule has 1 aliphatic carbocycles. The maximum absolute atomic E-state index is 13.3. The maximum Gasteiger partial charge on any atom is 0.336 e. The summed E-state index contributed by atoms with van der Waals surface area (Å²) < 4.78 is 10.9. The van der Waals surface area contributed by atoms with E-state index < -0.39 is 17.8 Å². The Kier molecular flexibility index (Phi) is 7.11. The van der Waals surface area contributed by atoms with Gasteiger partial charge in [0.1, 0.15) is 5.78 Å². The van der Waals surface area contributed by atoms with E-state index >= 15 is 0 Å². The van der Waals surface area contributed by atoms with Gasteiger partial charge < -0.3 is 14.6 Å². The summed E-state index contributed by atoms with van der Waals surface area (Å²) in [4.78, 5) is 31.0.